The Hall–Kier alpha value is -4.38. The Kier molecular flexibility index (Phi) is 8.65. The lowest BCUT2D eigenvalue weighted by atomic mass is 9.97. The lowest BCUT2D eigenvalue weighted by Crippen LogP contribution is -2.42. The third-order valence-corrected chi connectivity index (χ3v) is 7.03. The van der Waals surface area contributed by atoms with Gasteiger partial charge in [0.2, 0.25) is 0 Å². The highest BCUT2D eigenvalue weighted by Crippen LogP contribution is 2.27. The normalized spacial score (nSPS) is 12.3. The summed E-state index contributed by atoms with van der Waals surface area (Å²) < 4.78 is 34.1. The zero-order valence-corrected chi connectivity index (χ0v) is 22.7. The molecule has 0 heterocycles. The zero-order chi connectivity index (χ0) is 29.0. The van der Waals surface area contributed by atoms with Crippen LogP contribution in [0.5, 0.6) is 11.5 Å². The molecule has 4 N–H and O–H groups in total. The number of para-hydroxylation sites is 1. The molecule has 0 radical (unpaired) electrons. The van der Waals surface area contributed by atoms with Gasteiger partial charge >= 0.3 is 11.9 Å². The molecular formula is C28H30N2O8S. The molecule has 0 saturated heterocycles. The number of ether oxygens (including phenoxy) is 1. The number of sulfonamides is 1. The number of amides is 1. The van der Waals surface area contributed by atoms with Gasteiger partial charge in [-0.05, 0) is 81.3 Å². The van der Waals surface area contributed by atoms with E-state index in [9.17, 15) is 33.0 Å². The monoisotopic (exact) mass is 554 g/mol. The number of benzene rings is 3. The molecular weight excluding hydrogens is 524 g/mol. The van der Waals surface area contributed by atoms with Crippen molar-refractivity contribution in [3.8, 4) is 11.5 Å². The Morgan fingerprint density at radius 2 is 1.62 bits per heavy atom. The molecule has 0 aliphatic heterocycles. The summed E-state index contributed by atoms with van der Waals surface area (Å²) >= 11 is 0. The summed E-state index contributed by atoms with van der Waals surface area (Å²) in [6.07, 6.45) is -0.0549. The number of anilines is 1. The number of carboxylic acid groups (broad SMARTS) is 1. The minimum atomic E-state index is -4.17. The molecule has 11 heteroatoms. The molecule has 10 nitrogen and oxygen atoms in total. The van der Waals surface area contributed by atoms with Crippen LogP contribution in [0.25, 0.3) is 0 Å². The molecule has 0 aromatic heterocycles. The molecule has 0 unspecified atom stereocenters. The molecule has 0 aliphatic rings. The van der Waals surface area contributed by atoms with Gasteiger partial charge in [0, 0.05) is 6.42 Å². The number of aryl methyl sites for hydroxylation is 1. The Morgan fingerprint density at radius 1 is 0.974 bits per heavy atom. The fourth-order valence-corrected chi connectivity index (χ4v) is 4.60. The van der Waals surface area contributed by atoms with Crippen molar-refractivity contribution >= 4 is 33.6 Å². The topological polar surface area (TPSA) is 159 Å². The number of carbonyl (C=O) groups excluding carboxylic acids is 2. The van der Waals surface area contributed by atoms with Crippen LogP contribution in [0.2, 0.25) is 0 Å². The second-order valence-electron chi connectivity index (χ2n) is 9.95. The number of nitrogens with one attached hydrogen (secondary N) is 2. The number of esters is 1. The van der Waals surface area contributed by atoms with E-state index >= 15 is 0 Å². The second kappa shape index (κ2) is 11.6. The van der Waals surface area contributed by atoms with Crippen LogP contribution < -0.4 is 14.8 Å². The van der Waals surface area contributed by atoms with E-state index in [1.165, 1.54) is 66.7 Å². The molecule has 0 spiro atoms. The van der Waals surface area contributed by atoms with Gasteiger partial charge in [-0.2, -0.15) is 0 Å². The van der Waals surface area contributed by atoms with Crippen LogP contribution in [-0.4, -0.2) is 42.5 Å². The minimum Gasteiger partial charge on any atom is -0.508 e. The van der Waals surface area contributed by atoms with Gasteiger partial charge in [-0.25, -0.2) is 13.2 Å². The second-order valence-corrected chi connectivity index (χ2v) is 11.6. The van der Waals surface area contributed by atoms with Crippen molar-refractivity contribution in [2.24, 2.45) is 5.41 Å². The summed E-state index contributed by atoms with van der Waals surface area (Å²) in [7, 11) is -4.17. The molecule has 0 saturated carbocycles. The first-order chi connectivity index (χ1) is 18.2. The molecule has 1 amide bonds. The molecule has 0 fully saturated rings. The Balaban J connectivity index is 1.81. The van der Waals surface area contributed by atoms with Gasteiger partial charge in [-0.3, -0.25) is 14.3 Å². The maximum absolute atomic E-state index is 13.2. The van der Waals surface area contributed by atoms with Crippen LogP contribution in [0.15, 0.2) is 71.6 Å². The summed E-state index contributed by atoms with van der Waals surface area (Å²) in [6, 6.07) is 14.4. The van der Waals surface area contributed by atoms with E-state index in [4.69, 9.17) is 4.74 Å². The van der Waals surface area contributed by atoms with Crippen molar-refractivity contribution in [3.63, 3.8) is 0 Å². The number of hydrogen-bond acceptors (Lipinski definition) is 7. The van der Waals surface area contributed by atoms with Gasteiger partial charge in [0.1, 0.15) is 17.5 Å². The first kappa shape index (κ1) is 29.2. The number of phenols is 1. The third kappa shape index (κ3) is 7.57. The Morgan fingerprint density at radius 3 is 2.21 bits per heavy atom. The van der Waals surface area contributed by atoms with Crippen LogP contribution in [0.1, 0.15) is 42.3 Å². The predicted octanol–water partition coefficient (Wildman–Crippen LogP) is 3.88. The molecule has 3 rings (SSSR count). The van der Waals surface area contributed by atoms with Crippen LogP contribution in [-0.2, 0) is 26.0 Å². The molecule has 0 aliphatic carbocycles. The third-order valence-electron chi connectivity index (χ3n) is 5.67. The smallest absolute Gasteiger partial charge is 0.326 e. The zero-order valence-electron chi connectivity index (χ0n) is 21.9. The van der Waals surface area contributed by atoms with Crippen molar-refractivity contribution in [3.05, 3.63) is 83.4 Å². The molecule has 206 valence electrons. The van der Waals surface area contributed by atoms with Gasteiger partial charge in [0.25, 0.3) is 15.9 Å². The number of hydrogen-bond donors (Lipinski definition) is 4. The Labute approximate surface area is 226 Å². The number of rotatable bonds is 9. The van der Waals surface area contributed by atoms with Crippen LogP contribution in [0.3, 0.4) is 0 Å². The van der Waals surface area contributed by atoms with Gasteiger partial charge in [0.05, 0.1) is 21.6 Å². The highest BCUT2D eigenvalue weighted by atomic mass is 32.2. The highest BCUT2D eigenvalue weighted by Gasteiger charge is 2.26. The lowest BCUT2D eigenvalue weighted by Gasteiger charge is -2.18. The van der Waals surface area contributed by atoms with E-state index in [2.05, 4.69) is 10.0 Å². The quantitative estimate of drug-likeness (QED) is 0.229. The number of carboxylic acids is 1. The van der Waals surface area contributed by atoms with E-state index in [1.807, 2.05) is 0 Å². The van der Waals surface area contributed by atoms with E-state index in [0.29, 0.717) is 11.1 Å². The Bertz CT molecular complexity index is 1490. The maximum atomic E-state index is 13.2. The van der Waals surface area contributed by atoms with E-state index in [-0.39, 0.29) is 34.1 Å². The summed E-state index contributed by atoms with van der Waals surface area (Å²) in [6.45, 7) is 6.71. The average molecular weight is 555 g/mol. The standard InChI is InChI=1S/C28H30N2O8S/c1-17-15-20(13-14-24(17)38-27(35)28(2,3)4)39(36,37)30-22-8-6-5-7-21(22)25(32)29-23(26(33)34)16-18-9-11-19(31)12-10-18/h5-15,23,30-31H,16H2,1-4H3,(H,29,32)(H,33,34)/t23-/m0/s1. The highest BCUT2D eigenvalue weighted by molar-refractivity contribution is 7.92. The van der Waals surface area contributed by atoms with Crippen molar-refractivity contribution in [2.45, 2.75) is 45.1 Å². The molecule has 39 heavy (non-hydrogen) atoms. The fraction of sp³-hybridized carbons (Fsp3) is 0.250. The van der Waals surface area contributed by atoms with Crippen LogP contribution in [0, 0.1) is 12.3 Å². The average Bonchev–Trinajstić information content (AvgIpc) is 2.85. The number of aliphatic carboxylic acids is 1. The summed E-state index contributed by atoms with van der Waals surface area (Å²) in [4.78, 5) is 36.9. The van der Waals surface area contributed by atoms with Crippen molar-refractivity contribution in [1.29, 1.82) is 0 Å². The SMILES string of the molecule is Cc1cc(S(=O)(=O)Nc2ccccc2C(=O)N[C@@H](Cc2ccc(O)cc2)C(=O)O)ccc1OC(=O)C(C)(C)C. The predicted molar refractivity (Wildman–Crippen MR) is 144 cm³/mol. The molecule has 3 aromatic carbocycles. The van der Waals surface area contributed by atoms with Crippen molar-refractivity contribution < 1.29 is 37.8 Å². The van der Waals surface area contributed by atoms with Gasteiger partial charge in [-0.1, -0.05) is 24.3 Å². The fourth-order valence-electron chi connectivity index (χ4n) is 3.43. The minimum absolute atomic E-state index is 0.0200. The van der Waals surface area contributed by atoms with Crippen LogP contribution >= 0.6 is 0 Å². The summed E-state index contributed by atoms with van der Waals surface area (Å²) in [5.41, 5.74) is 0.115. The van der Waals surface area contributed by atoms with Gasteiger partial charge in [0.15, 0.2) is 0 Å². The number of phenolic OH excluding ortho intramolecular Hbond substituents is 1. The first-order valence-electron chi connectivity index (χ1n) is 11.9. The largest absolute Gasteiger partial charge is 0.508 e. The first-order valence-corrected chi connectivity index (χ1v) is 13.4. The molecule has 3 aromatic rings. The van der Waals surface area contributed by atoms with E-state index in [0.717, 1.165) is 0 Å². The van der Waals surface area contributed by atoms with E-state index in [1.54, 1.807) is 27.7 Å². The molecule has 0 bridgehead atoms. The van der Waals surface area contributed by atoms with Gasteiger partial charge in [-0.15, -0.1) is 0 Å². The van der Waals surface area contributed by atoms with Crippen molar-refractivity contribution in [2.75, 3.05) is 4.72 Å². The maximum Gasteiger partial charge on any atom is 0.326 e. The van der Waals surface area contributed by atoms with Crippen LogP contribution in [0.4, 0.5) is 5.69 Å². The van der Waals surface area contributed by atoms with Gasteiger partial charge < -0.3 is 20.3 Å². The summed E-state index contributed by atoms with van der Waals surface area (Å²) in [5, 5.41) is 21.5. The lowest BCUT2D eigenvalue weighted by molar-refractivity contribution is -0.143. The number of aromatic hydroxyl groups is 1. The molecule has 1 atom stereocenters. The summed E-state index contributed by atoms with van der Waals surface area (Å²) in [5.74, 6) is -2.30. The number of carbonyl (C=O) groups is 3. The van der Waals surface area contributed by atoms with Crippen molar-refractivity contribution in [1.82, 2.24) is 5.32 Å². The van der Waals surface area contributed by atoms with E-state index < -0.39 is 39.3 Å².